The smallest absolute Gasteiger partial charge is 0.211 e. The first-order valence-electron chi connectivity index (χ1n) is 2.52. The maximum atomic E-state index is 4.33. The Morgan fingerprint density at radius 3 is 1.94 bits per heavy atom. The largest absolute Gasteiger partial charge is 0.327 e. The van der Waals surface area contributed by atoms with Crippen LogP contribution in [0.5, 0.6) is 0 Å². The predicted molar refractivity (Wildman–Crippen MR) is 57.3 cm³/mol. The third-order valence-electron chi connectivity index (χ3n) is 0.864. The second kappa shape index (κ2) is 17.1. The van der Waals surface area contributed by atoms with Gasteiger partial charge in [0.15, 0.2) is 0 Å². The van der Waals surface area contributed by atoms with Gasteiger partial charge in [-0.1, -0.05) is 0 Å². The first-order valence-corrected chi connectivity index (χ1v) is 3.95. The van der Waals surface area contributed by atoms with E-state index in [0.717, 1.165) is 0 Å². The van der Waals surface area contributed by atoms with Crippen LogP contribution in [0.25, 0.3) is 11.6 Å². The number of rotatable bonds is 1. The van der Waals surface area contributed by atoms with Gasteiger partial charge in [-0.2, -0.15) is 10.4 Å². The number of nitrogens with one attached hydrogen (secondary N) is 1. The first kappa shape index (κ1) is 29.6. The molecule has 0 spiro atoms. The van der Waals surface area contributed by atoms with Crippen LogP contribution in [0.3, 0.4) is 0 Å². The van der Waals surface area contributed by atoms with E-state index in [2.05, 4.69) is 66.2 Å². The molecule has 0 radical (unpaired) electrons. The van der Waals surface area contributed by atoms with Crippen LogP contribution in [-0.4, -0.2) is 36.1 Å². The third-order valence-corrected chi connectivity index (χ3v) is 0.864. The van der Waals surface area contributed by atoms with Crippen LogP contribution in [0.15, 0.2) is 0 Å². The minimum Gasteiger partial charge on any atom is -0.327 e. The number of tetrazole rings is 2. The van der Waals surface area contributed by atoms with Gasteiger partial charge in [-0.25, -0.2) is 0 Å². The zero-order chi connectivity index (χ0) is 8.81. The molecule has 0 atom stereocenters. The molecule has 16 N–H and O–H groups in total. The second-order valence-electron chi connectivity index (χ2n) is 1.44. The number of aromatic amines is 1. The predicted octanol–water partition coefficient (Wildman–Crippen LogP) is -0.494. The van der Waals surface area contributed by atoms with E-state index in [-0.39, 0.29) is 36.6 Å². The van der Waals surface area contributed by atoms with Crippen molar-refractivity contribution in [3.8, 4) is 11.6 Å². The Labute approximate surface area is 109 Å². The van der Waals surface area contributed by atoms with Crippen LogP contribution in [0.1, 0.15) is 0 Å². The molecule has 0 fully saturated rings. The Hall–Kier alpha value is -1.26. The summed E-state index contributed by atoms with van der Waals surface area (Å²) in [6, 6.07) is 0. The zero-order valence-corrected chi connectivity index (χ0v) is 10.7. The number of H-pyrrole nitrogens is 1. The van der Waals surface area contributed by atoms with Crippen LogP contribution in [-0.2, 0) is 14.8 Å². The van der Waals surface area contributed by atoms with E-state index in [4.69, 9.17) is 0 Å². The summed E-state index contributed by atoms with van der Waals surface area (Å²) in [6.45, 7) is 0. The number of hydrogen-bond acceptors (Lipinski definition) is 11. The van der Waals surface area contributed by atoms with Crippen molar-refractivity contribution in [2.24, 2.45) is 0 Å². The standard InChI is InChI=1S/C2HN8.ClH.Co.5H3N/c3-1(4-8-7-3)2-5-9-10-6-2;;;;;;;/h(H-,3,4,5,6,7,8,9,10);1H;;5*1H3/q-1;;+2;;;;;/p-1. The molecule has 0 unspecified atom stereocenters. The van der Waals surface area contributed by atoms with Gasteiger partial charge in [-0.15, -0.1) is 10.2 Å². The van der Waals surface area contributed by atoms with E-state index in [1.54, 1.807) is 0 Å². The summed E-state index contributed by atoms with van der Waals surface area (Å²) in [5, 5.41) is 26.3. The second-order valence-corrected chi connectivity index (χ2v) is 1.44. The summed E-state index contributed by atoms with van der Waals surface area (Å²) in [5.41, 5.74) is 0. The Kier molecular flexibility index (Phi) is 29.9. The first-order chi connectivity index (χ1) is 5.97. The maximum Gasteiger partial charge on any atom is 0.211 e. The summed E-state index contributed by atoms with van der Waals surface area (Å²) >= 11 is 3.03. The molecule has 2 aromatic rings. The molecular weight excluding hydrogens is 300 g/mol. The number of halogens is 1. The molecule has 0 aliphatic carbocycles. The minimum absolute atomic E-state index is 0. The van der Waals surface area contributed by atoms with Crippen LogP contribution in [0, 0.1) is 0 Å². The molecule has 0 saturated heterocycles. The topological polar surface area (TPSA) is 282 Å². The molecule has 2 heterocycles. The molecule has 15 heteroatoms. The molecule has 2 rings (SSSR count). The Morgan fingerprint density at radius 1 is 1.00 bits per heavy atom. The average molecular weight is 317 g/mol. The van der Waals surface area contributed by atoms with E-state index in [0.29, 0.717) is 5.82 Å². The average Bonchev–Trinajstić information content (AvgIpc) is 2.80. The molecule has 0 bridgehead atoms. The fraction of sp³-hybridized carbons (Fsp3) is 0. The van der Waals surface area contributed by atoms with Crippen molar-refractivity contribution in [2.45, 2.75) is 0 Å². The molecule has 13 nitrogen and oxygen atoms in total. The molecule has 2 aromatic heterocycles. The SMILES string of the molecule is N.N.N.N.N.[Cl][Co+].n1n[n-]c(-c2nn[nH]n2)n1. The van der Waals surface area contributed by atoms with Crippen LogP contribution in [0.4, 0.5) is 0 Å². The van der Waals surface area contributed by atoms with Crippen molar-refractivity contribution in [3.63, 3.8) is 0 Å². The van der Waals surface area contributed by atoms with Crippen LogP contribution >= 0.6 is 10.1 Å². The Morgan fingerprint density at radius 2 is 1.59 bits per heavy atom. The van der Waals surface area contributed by atoms with Gasteiger partial charge in [0, 0.05) is 0 Å². The van der Waals surface area contributed by atoms with E-state index in [1.807, 2.05) is 0 Å². The van der Waals surface area contributed by atoms with Crippen molar-refractivity contribution in [1.29, 1.82) is 0 Å². The van der Waals surface area contributed by atoms with Crippen molar-refractivity contribution in [2.75, 3.05) is 0 Å². The number of nitrogens with zero attached hydrogens (tertiary/aromatic N) is 7. The fourth-order valence-electron chi connectivity index (χ4n) is 0.491. The van der Waals surface area contributed by atoms with Gasteiger partial charge in [-0.3, -0.25) is 10.3 Å². The minimum atomic E-state index is 0. The Bertz CT molecular complexity index is 259. The molecule has 17 heavy (non-hydrogen) atoms. The van der Waals surface area contributed by atoms with Crippen LogP contribution < -0.4 is 35.9 Å². The van der Waals surface area contributed by atoms with Gasteiger partial charge < -0.3 is 35.9 Å². The molecule has 105 valence electrons. The summed E-state index contributed by atoms with van der Waals surface area (Å²) in [7, 11) is 4.33. The van der Waals surface area contributed by atoms with Gasteiger partial charge in [-0.05, 0) is 5.21 Å². The summed E-state index contributed by atoms with van der Waals surface area (Å²) in [5.74, 6) is 0.568. The van der Waals surface area contributed by atoms with Gasteiger partial charge in [0.1, 0.15) is 0 Å². The van der Waals surface area contributed by atoms with Gasteiger partial charge in [0.25, 0.3) is 0 Å². The molecule has 0 aliphatic rings. The van der Waals surface area contributed by atoms with E-state index < -0.39 is 0 Å². The summed E-state index contributed by atoms with van der Waals surface area (Å²) in [6.07, 6.45) is 0. The number of hydrogen-bond donors (Lipinski definition) is 6. The molecular formula is C2H16ClCoN13. The van der Waals surface area contributed by atoms with Crippen LogP contribution in [0.2, 0.25) is 0 Å². The van der Waals surface area contributed by atoms with E-state index in [9.17, 15) is 0 Å². The van der Waals surface area contributed by atoms with Crippen molar-refractivity contribution >= 4 is 10.1 Å². The van der Waals surface area contributed by atoms with Gasteiger partial charge in [0.2, 0.25) is 5.82 Å². The normalized spacial score (nSPS) is 6.24. The summed E-state index contributed by atoms with van der Waals surface area (Å²) < 4.78 is 0. The maximum absolute atomic E-state index is 4.33. The monoisotopic (exact) mass is 316 g/mol. The molecule has 0 aliphatic heterocycles. The van der Waals surface area contributed by atoms with Crippen molar-refractivity contribution < 1.29 is 14.8 Å². The molecule has 0 saturated carbocycles. The Balaban J connectivity index is -0.0000000655. The van der Waals surface area contributed by atoms with Crippen molar-refractivity contribution in [3.05, 3.63) is 0 Å². The van der Waals surface area contributed by atoms with Gasteiger partial charge >= 0.3 is 25.0 Å². The summed E-state index contributed by atoms with van der Waals surface area (Å²) in [4.78, 5) is 0. The number of aromatic nitrogens is 8. The fourth-order valence-corrected chi connectivity index (χ4v) is 0.491. The third kappa shape index (κ3) is 8.53. The van der Waals surface area contributed by atoms with Gasteiger partial charge in [0.05, 0.1) is 5.82 Å². The van der Waals surface area contributed by atoms with Crippen molar-refractivity contribution in [1.82, 2.24) is 72.0 Å². The van der Waals surface area contributed by atoms with E-state index in [1.165, 1.54) is 0 Å². The zero-order valence-electron chi connectivity index (χ0n) is 8.88. The van der Waals surface area contributed by atoms with E-state index >= 15 is 0 Å². The quantitative estimate of drug-likeness (QED) is 0.388. The molecule has 0 amide bonds. The molecule has 0 aromatic carbocycles.